The van der Waals surface area contributed by atoms with Gasteiger partial charge in [-0.05, 0) is 30.2 Å². The number of rotatable bonds is 4. The van der Waals surface area contributed by atoms with Gasteiger partial charge in [0.1, 0.15) is 5.82 Å². The number of hydrogen-bond donors (Lipinski definition) is 3. The number of nitrogens with zero attached hydrogens (tertiary/aromatic N) is 1. The van der Waals surface area contributed by atoms with Crippen molar-refractivity contribution in [1.82, 2.24) is 10.4 Å². The van der Waals surface area contributed by atoms with Crippen LogP contribution in [0.1, 0.15) is 17.2 Å². The lowest BCUT2D eigenvalue weighted by Gasteiger charge is -2.13. The van der Waals surface area contributed by atoms with Crippen molar-refractivity contribution in [3.05, 3.63) is 48.0 Å². The summed E-state index contributed by atoms with van der Waals surface area (Å²) in [5.41, 5.74) is 10.5. The molecule has 0 saturated heterocycles. The molecule has 0 amide bonds. The zero-order valence-corrected chi connectivity index (χ0v) is 8.76. The summed E-state index contributed by atoms with van der Waals surface area (Å²) in [6.45, 7) is 0. The number of hydrazine groups is 1. The second-order valence-corrected chi connectivity index (χ2v) is 3.57. The maximum Gasteiger partial charge on any atom is 0.123 e. The third kappa shape index (κ3) is 2.39. The van der Waals surface area contributed by atoms with Crippen molar-refractivity contribution >= 4 is 5.82 Å². The molecule has 0 aliphatic heterocycles. The van der Waals surface area contributed by atoms with Crippen molar-refractivity contribution in [2.45, 2.75) is 12.5 Å². The quantitative estimate of drug-likeness (QED) is 0.526. The van der Waals surface area contributed by atoms with E-state index in [4.69, 9.17) is 16.0 Å². The number of nitrogens with one attached hydrogen (secondary N) is 1. The lowest BCUT2D eigenvalue weighted by Crippen LogP contribution is -2.29. The van der Waals surface area contributed by atoms with E-state index in [1.807, 2.05) is 18.2 Å². The van der Waals surface area contributed by atoms with Crippen LogP contribution in [0.4, 0.5) is 5.82 Å². The van der Waals surface area contributed by atoms with E-state index >= 15 is 0 Å². The first-order valence-electron chi connectivity index (χ1n) is 4.98. The van der Waals surface area contributed by atoms with E-state index in [-0.39, 0.29) is 6.04 Å². The maximum absolute atomic E-state index is 5.61. The van der Waals surface area contributed by atoms with Gasteiger partial charge >= 0.3 is 0 Å². The SMILES string of the molecule is NNC(Cc1ccnc(N)c1)c1ccoc1. The Hall–Kier alpha value is -1.85. The lowest BCUT2D eigenvalue weighted by molar-refractivity contribution is 0.525. The molecule has 0 bridgehead atoms. The van der Waals surface area contributed by atoms with Gasteiger partial charge in [-0.25, -0.2) is 4.98 Å². The molecule has 0 spiro atoms. The zero-order valence-electron chi connectivity index (χ0n) is 8.76. The molecular formula is C11H14N4O. The molecule has 1 unspecified atom stereocenters. The molecule has 0 aliphatic carbocycles. The summed E-state index contributed by atoms with van der Waals surface area (Å²) in [6.07, 6.45) is 5.73. The number of anilines is 1. The van der Waals surface area contributed by atoms with Crippen LogP contribution in [0.5, 0.6) is 0 Å². The molecule has 5 nitrogen and oxygen atoms in total. The molecule has 2 rings (SSSR count). The van der Waals surface area contributed by atoms with Gasteiger partial charge in [0.25, 0.3) is 0 Å². The van der Waals surface area contributed by atoms with Crippen LogP contribution in [0.15, 0.2) is 41.3 Å². The van der Waals surface area contributed by atoms with E-state index in [0.29, 0.717) is 5.82 Å². The summed E-state index contributed by atoms with van der Waals surface area (Å²) in [6, 6.07) is 5.65. The van der Waals surface area contributed by atoms with Gasteiger partial charge in [-0.15, -0.1) is 0 Å². The highest BCUT2D eigenvalue weighted by molar-refractivity contribution is 5.32. The molecule has 0 saturated carbocycles. The van der Waals surface area contributed by atoms with Gasteiger partial charge in [0, 0.05) is 11.8 Å². The molecule has 0 radical (unpaired) electrons. The first-order valence-corrected chi connectivity index (χ1v) is 4.98. The number of nitrogen functional groups attached to an aromatic ring is 1. The highest BCUT2D eigenvalue weighted by Gasteiger charge is 2.11. The average molecular weight is 218 g/mol. The number of hydrogen-bond acceptors (Lipinski definition) is 5. The van der Waals surface area contributed by atoms with Crippen molar-refractivity contribution < 1.29 is 4.42 Å². The molecule has 84 valence electrons. The number of aromatic nitrogens is 1. The van der Waals surface area contributed by atoms with E-state index in [1.54, 1.807) is 18.7 Å². The molecule has 5 N–H and O–H groups in total. The van der Waals surface area contributed by atoms with Gasteiger partial charge in [-0.3, -0.25) is 11.3 Å². The van der Waals surface area contributed by atoms with Gasteiger partial charge in [0.15, 0.2) is 0 Å². The van der Waals surface area contributed by atoms with Crippen molar-refractivity contribution in [3.63, 3.8) is 0 Å². The molecule has 2 heterocycles. The topological polar surface area (TPSA) is 90.1 Å². The fourth-order valence-electron chi connectivity index (χ4n) is 1.60. The summed E-state index contributed by atoms with van der Waals surface area (Å²) < 4.78 is 5.03. The predicted molar refractivity (Wildman–Crippen MR) is 61.1 cm³/mol. The third-order valence-corrected chi connectivity index (χ3v) is 2.43. The van der Waals surface area contributed by atoms with Gasteiger partial charge in [0.05, 0.1) is 18.6 Å². The molecule has 2 aromatic rings. The molecule has 5 heteroatoms. The van der Waals surface area contributed by atoms with Crippen LogP contribution in [0, 0.1) is 0 Å². The van der Waals surface area contributed by atoms with Crippen LogP contribution in [0.3, 0.4) is 0 Å². The second-order valence-electron chi connectivity index (χ2n) is 3.57. The fourth-order valence-corrected chi connectivity index (χ4v) is 1.60. The summed E-state index contributed by atoms with van der Waals surface area (Å²) in [4.78, 5) is 3.94. The smallest absolute Gasteiger partial charge is 0.123 e. The normalized spacial score (nSPS) is 12.6. The molecule has 2 aromatic heterocycles. The Morgan fingerprint density at radius 1 is 1.44 bits per heavy atom. The molecule has 0 aromatic carbocycles. The number of nitrogens with two attached hydrogens (primary N) is 2. The molecule has 0 fully saturated rings. The van der Waals surface area contributed by atoms with Gasteiger partial charge in [-0.1, -0.05) is 0 Å². The first kappa shape index (κ1) is 10.7. The summed E-state index contributed by atoms with van der Waals surface area (Å²) in [5, 5.41) is 0. The number of pyridine rings is 1. The van der Waals surface area contributed by atoms with Crippen LogP contribution in [-0.2, 0) is 6.42 Å². The zero-order chi connectivity index (χ0) is 11.4. The average Bonchev–Trinajstić information content (AvgIpc) is 2.79. The van der Waals surface area contributed by atoms with Crippen molar-refractivity contribution in [3.8, 4) is 0 Å². The van der Waals surface area contributed by atoms with Gasteiger partial charge < -0.3 is 10.2 Å². The molecular weight excluding hydrogens is 204 g/mol. The Morgan fingerprint density at radius 3 is 2.94 bits per heavy atom. The predicted octanol–water partition coefficient (Wildman–Crippen LogP) is 1.00. The third-order valence-electron chi connectivity index (χ3n) is 2.43. The summed E-state index contributed by atoms with van der Waals surface area (Å²) >= 11 is 0. The fraction of sp³-hybridized carbons (Fsp3) is 0.182. The van der Waals surface area contributed by atoms with E-state index in [0.717, 1.165) is 17.5 Å². The Morgan fingerprint density at radius 2 is 2.31 bits per heavy atom. The van der Waals surface area contributed by atoms with Crippen LogP contribution in [-0.4, -0.2) is 4.98 Å². The van der Waals surface area contributed by atoms with E-state index in [2.05, 4.69) is 10.4 Å². The van der Waals surface area contributed by atoms with E-state index < -0.39 is 0 Å². The highest BCUT2D eigenvalue weighted by Crippen LogP contribution is 2.18. The number of furan rings is 1. The second kappa shape index (κ2) is 4.78. The van der Waals surface area contributed by atoms with Crippen molar-refractivity contribution in [1.29, 1.82) is 0 Å². The first-order chi connectivity index (χ1) is 7.79. The Balaban J connectivity index is 2.13. The van der Waals surface area contributed by atoms with Crippen molar-refractivity contribution in [2.75, 3.05) is 5.73 Å². The summed E-state index contributed by atoms with van der Waals surface area (Å²) in [7, 11) is 0. The summed E-state index contributed by atoms with van der Waals surface area (Å²) in [5.74, 6) is 6.03. The highest BCUT2D eigenvalue weighted by atomic mass is 16.3. The molecule has 16 heavy (non-hydrogen) atoms. The van der Waals surface area contributed by atoms with Crippen LogP contribution < -0.4 is 17.0 Å². The maximum atomic E-state index is 5.61. The minimum atomic E-state index is 0.0144. The molecule has 1 atom stereocenters. The Bertz CT molecular complexity index is 441. The minimum absolute atomic E-state index is 0.0144. The van der Waals surface area contributed by atoms with Gasteiger partial charge in [-0.2, -0.15) is 0 Å². The van der Waals surface area contributed by atoms with E-state index in [1.165, 1.54) is 0 Å². The monoisotopic (exact) mass is 218 g/mol. The minimum Gasteiger partial charge on any atom is -0.472 e. The van der Waals surface area contributed by atoms with E-state index in [9.17, 15) is 0 Å². The molecule has 0 aliphatic rings. The lowest BCUT2D eigenvalue weighted by atomic mass is 10.0. The standard InChI is InChI=1S/C11H14N4O/c12-11-6-8(1-3-14-11)5-10(15-13)9-2-4-16-7-9/h1-4,6-7,10,15H,5,13H2,(H2,12,14). The largest absolute Gasteiger partial charge is 0.472 e. The van der Waals surface area contributed by atoms with Crippen LogP contribution in [0.25, 0.3) is 0 Å². The van der Waals surface area contributed by atoms with Gasteiger partial charge in [0.2, 0.25) is 0 Å². The Kier molecular flexibility index (Phi) is 3.19. The van der Waals surface area contributed by atoms with Crippen molar-refractivity contribution in [2.24, 2.45) is 5.84 Å². The van der Waals surface area contributed by atoms with Crippen LogP contribution in [0.2, 0.25) is 0 Å². The van der Waals surface area contributed by atoms with Crippen LogP contribution >= 0.6 is 0 Å². The Labute approximate surface area is 93.4 Å².